The number of nitrogens with one attached hydrogen (secondary N) is 1. The first-order valence-electron chi connectivity index (χ1n) is 10.5. The third-order valence-electron chi connectivity index (χ3n) is 4.81. The van der Waals surface area contributed by atoms with Crippen LogP contribution in [0.25, 0.3) is 10.9 Å². The van der Waals surface area contributed by atoms with E-state index < -0.39 is 32.7 Å². The lowest BCUT2D eigenvalue weighted by Gasteiger charge is -2.22. The van der Waals surface area contributed by atoms with E-state index in [0.29, 0.717) is 29.9 Å². The van der Waals surface area contributed by atoms with Crippen molar-refractivity contribution in [2.45, 2.75) is 51.9 Å². The van der Waals surface area contributed by atoms with Crippen LogP contribution in [0.15, 0.2) is 36.5 Å². The minimum atomic E-state index is -2.77. The highest BCUT2D eigenvalue weighted by atomic mass is 28.3. The number of halogens is 2. The third kappa shape index (κ3) is 5.96. The van der Waals surface area contributed by atoms with E-state index in [1.54, 1.807) is 26.0 Å². The lowest BCUT2D eigenvalue weighted by atomic mass is 9.95. The predicted molar refractivity (Wildman–Crippen MR) is 122 cm³/mol. The number of benzene rings is 1. The molecule has 0 saturated heterocycles. The minimum absolute atomic E-state index is 0.131. The number of nitrogens with zero attached hydrogens (tertiary/aromatic N) is 3. The molecule has 0 spiro atoms. The van der Waals surface area contributed by atoms with Gasteiger partial charge in [0.15, 0.2) is 9.04 Å². The molecular formula is C22H28F2N4O3Si. The zero-order chi connectivity index (χ0) is 23.5. The molecule has 1 amide bonds. The van der Waals surface area contributed by atoms with Gasteiger partial charge in [0.05, 0.1) is 11.1 Å². The highest BCUT2D eigenvalue weighted by Crippen LogP contribution is 2.32. The van der Waals surface area contributed by atoms with Crippen LogP contribution in [-0.2, 0) is 16.6 Å². The molecule has 0 aliphatic carbocycles. The molecule has 10 heteroatoms. The summed E-state index contributed by atoms with van der Waals surface area (Å²) >= 11 is 0. The van der Waals surface area contributed by atoms with Crippen molar-refractivity contribution in [2.75, 3.05) is 11.9 Å². The summed E-state index contributed by atoms with van der Waals surface area (Å²) in [6, 6.07) is 7.34. The summed E-state index contributed by atoms with van der Waals surface area (Å²) in [5.41, 5.74) is -0.364. The van der Waals surface area contributed by atoms with Crippen LogP contribution in [0.5, 0.6) is 0 Å². The van der Waals surface area contributed by atoms with Crippen LogP contribution in [-0.4, -0.2) is 41.4 Å². The van der Waals surface area contributed by atoms with Crippen LogP contribution < -0.4 is 5.32 Å². The van der Waals surface area contributed by atoms with Gasteiger partial charge >= 0.3 is 0 Å². The Kier molecular flexibility index (Phi) is 7.37. The van der Waals surface area contributed by atoms with E-state index in [9.17, 15) is 18.7 Å². The summed E-state index contributed by atoms with van der Waals surface area (Å²) in [7, 11) is -1.05. The van der Waals surface area contributed by atoms with Crippen molar-refractivity contribution < 1.29 is 23.1 Å². The molecule has 2 aromatic heterocycles. The van der Waals surface area contributed by atoms with Gasteiger partial charge in [-0.25, -0.2) is 13.8 Å². The molecule has 0 unspecified atom stereocenters. The molecule has 3 aromatic rings. The van der Waals surface area contributed by atoms with Gasteiger partial charge in [-0.05, 0) is 57.6 Å². The molecule has 7 nitrogen and oxygen atoms in total. The van der Waals surface area contributed by atoms with Gasteiger partial charge in [0, 0.05) is 36.0 Å². The Labute approximate surface area is 187 Å². The first-order chi connectivity index (χ1) is 15.0. The third-order valence-corrected chi connectivity index (χ3v) is 5.71. The Morgan fingerprint density at radius 3 is 2.72 bits per heavy atom. The second-order valence-electron chi connectivity index (χ2n) is 8.38. The minimum Gasteiger partial charge on any atom is -0.421 e. The van der Waals surface area contributed by atoms with Crippen molar-refractivity contribution >= 4 is 31.5 Å². The molecule has 0 atom stereocenters. The Bertz CT molecular complexity index is 1100. The molecule has 1 aromatic carbocycles. The van der Waals surface area contributed by atoms with E-state index in [1.807, 2.05) is 10.9 Å². The standard InChI is InChI=1S/C22H28F2N4O3Si/c1-22(2,30)15-12-18-14(13-28(27-18)9-6-10-31-32(3)4)11-19(15)26-21(29)17-8-5-7-16(25-17)20(23)24/h5,7-8,11-13,20,30,32H,6,9-10H2,1-4H3,(H,26,29). The monoisotopic (exact) mass is 462 g/mol. The fourth-order valence-corrected chi connectivity index (χ4v) is 3.92. The predicted octanol–water partition coefficient (Wildman–Crippen LogP) is 4.24. The smallest absolute Gasteiger partial charge is 0.280 e. The van der Waals surface area contributed by atoms with Gasteiger partial charge in [-0.1, -0.05) is 6.07 Å². The number of hydrogen-bond acceptors (Lipinski definition) is 5. The van der Waals surface area contributed by atoms with Gasteiger partial charge in [0.2, 0.25) is 0 Å². The van der Waals surface area contributed by atoms with Crippen molar-refractivity contribution in [3.8, 4) is 0 Å². The Morgan fingerprint density at radius 1 is 1.31 bits per heavy atom. The number of alkyl halides is 2. The molecule has 32 heavy (non-hydrogen) atoms. The van der Waals surface area contributed by atoms with Crippen LogP contribution in [0.2, 0.25) is 13.1 Å². The molecule has 0 bridgehead atoms. The summed E-state index contributed by atoms with van der Waals surface area (Å²) in [5, 5.41) is 18.7. The maximum atomic E-state index is 12.9. The summed E-state index contributed by atoms with van der Waals surface area (Å²) < 4.78 is 33.4. The molecule has 3 rings (SSSR count). The van der Waals surface area contributed by atoms with Crippen LogP contribution in [0.1, 0.15) is 48.4 Å². The van der Waals surface area contributed by atoms with Crippen LogP contribution >= 0.6 is 0 Å². The largest absolute Gasteiger partial charge is 0.421 e. The molecule has 172 valence electrons. The lowest BCUT2D eigenvalue weighted by molar-refractivity contribution is 0.0793. The van der Waals surface area contributed by atoms with Gasteiger partial charge < -0.3 is 14.8 Å². The molecule has 0 fully saturated rings. The zero-order valence-corrected chi connectivity index (χ0v) is 19.8. The molecular weight excluding hydrogens is 434 g/mol. The van der Waals surface area contributed by atoms with Crippen molar-refractivity contribution in [3.05, 3.63) is 53.5 Å². The van der Waals surface area contributed by atoms with E-state index >= 15 is 0 Å². The second-order valence-corrected chi connectivity index (χ2v) is 10.8. The topological polar surface area (TPSA) is 89.3 Å². The normalized spacial score (nSPS) is 12.2. The highest BCUT2D eigenvalue weighted by molar-refractivity contribution is 6.48. The van der Waals surface area contributed by atoms with E-state index in [4.69, 9.17) is 4.43 Å². The van der Waals surface area contributed by atoms with Crippen LogP contribution in [0.3, 0.4) is 0 Å². The summed E-state index contributed by atoms with van der Waals surface area (Å²) in [6.07, 6.45) is -0.0836. The number of carbonyl (C=O) groups is 1. The number of fused-ring (bicyclic) bond motifs is 1. The second kappa shape index (κ2) is 9.84. The number of rotatable bonds is 9. The van der Waals surface area contributed by atoms with Gasteiger partial charge in [-0.2, -0.15) is 5.10 Å². The van der Waals surface area contributed by atoms with Crippen LogP contribution in [0, 0.1) is 0 Å². The number of pyridine rings is 1. The molecule has 2 heterocycles. The molecule has 0 radical (unpaired) electrons. The maximum Gasteiger partial charge on any atom is 0.280 e. The average molecular weight is 463 g/mol. The number of anilines is 1. The van der Waals surface area contributed by atoms with Gasteiger partial charge in [-0.3, -0.25) is 9.48 Å². The first-order valence-corrected chi connectivity index (χ1v) is 13.2. The highest BCUT2D eigenvalue weighted by Gasteiger charge is 2.24. The van der Waals surface area contributed by atoms with E-state index in [0.717, 1.165) is 11.8 Å². The number of hydrogen-bond donors (Lipinski definition) is 2. The molecule has 2 N–H and O–H groups in total. The SMILES string of the molecule is C[SiH](C)OCCCn1cc2cc(NC(=O)c3cccc(C(F)F)n3)c(C(C)(C)O)cc2n1. The first kappa shape index (κ1) is 24.0. The fourth-order valence-electron chi connectivity index (χ4n) is 3.28. The molecule has 0 saturated carbocycles. The molecule has 0 aliphatic heterocycles. The number of amides is 1. The van der Waals surface area contributed by atoms with E-state index in [1.165, 1.54) is 18.2 Å². The Morgan fingerprint density at radius 2 is 2.06 bits per heavy atom. The van der Waals surface area contributed by atoms with Gasteiger partial charge in [-0.15, -0.1) is 0 Å². The number of carbonyl (C=O) groups excluding carboxylic acids is 1. The Balaban J connectivity index is 1.87. The van der Waals surface area contributed by atoms with Crippen molar-refractivity contribution in [2.24, 2.45) is 0 Å². The summed E-state index contributed by atoms with van der Waals surface area (Å²) in [4.78, 5) is 16.4. The van der Waals surface area contributed by atoms with Crippen molar-refractivity contribution in [3.63, 3.8) is 0 Å². The number of aromatic nitrogens is 3. The van der Waals surface area contributed by atoms with Crippen molar-refractivity contribution in [1.29, 1.82) is 0 Å². The van der Waals surface area contributed by atoms with Crippen LogP contribution in [0.4, 0.5) is 14.5 Å². The van der Waals surface area contributed by atoms with E-state index in [-0.39, 0.29) is 5.69 Å². The zero-order valence-electron chi connectivity index (χ0n) is 18.6. The van der Waals surface area contributed by atoms with Crippen molar-refractivity contribution in [1.82, 2.24) is 14.8 Å². The quantitative estimate of drug-likeness (QED) is 0.367. The fraction of sp³-hybridized carbons (Fsp3) is 0.409. The van der Waals surface area contributed by atoms with Gasteiger partial charge in [0.1, 0.15) is 11.4 Å². The summed E-state index contributed by atoms with van der Waals surface area (Å²) in [6.45, 7) is 8.80. The van der Waals surface area contributed by atoms with E-state index in [2.05, 4.69) is 28.5 Å². The maximum absolute atomic E-state index is 12.9. The van der Waals surface area contributed by atoms with Gasteiger partial charge in [0.25, 0.3) is 12.3 Å². The lowest BCUT2D eigenvalue weighted by Crippen LogP contribution is -2.21. The number of aryl methyl sites for hydroxylation is 1. The summed E-state index contributed by atoms with van der Waals surface area (Å²) in [5.74, 6) is -0.639. The number of aliphatic hydroxyl groups is 1. The average Bonchev–Trinajstić information content (AvgIpc) is 3.11. The molecule has 0 aliphatic rings. The Hall–Kier alpha value is -2.69.